The highest BCUT2D eigenvalue weighted by Crippen LogP contribution is 2.18. The third-order valence-electron chi connectivity index (χ3n) is 4.05. The lowest BCUT2D eigenvalue weighted by Gasteiger charge is -2.20. The fraction of sp³-hybridized carbons (Fsp3) is 0.235. The van der Waals surface area contributed by atoms with Crippen LogP contribution in [-0.2, 0) is 6.54 Å². The third-order valence-corrected chi connectivity index (χ3v) is 4.78. The zero-order valence-electron chi connectivity index (χ0n) is 12.2. The minimum Gasteiger partial charge on any atom is -0.360 e. The first-order valence-corrected chi connectivity index (χ1v) is 8.05. The molecule has 3 aromatic rings. The van der Waals surface area contributed by atoms with E-state index in [4.69, 9.17) is 0 Å². The maximum atomic E-state index is 12.8. The Morgan fingerprint density at radius 1 is 1.33 bits per heavy atom. The Hall–Kier alpha value is -1.91. The van der Waals surface area contributed by atoms with Crippen molar-refractivity contribution in [2.75, 3.05) is 7.05 Å². The van der Waals surface area contributed by atoms with E-state index in [0.717, 1.165) is 23.0 Å². The van der Waals surface area contributed by atoms with Crippen molar-refractivity contribution in [2.45, 2.75) is 19.5 Å². The van der Waals surface area contributed by atoms with Gasteiger partial charge in [0, 0.05) is 28.2 Å². The van der Waals surface area contributed by atoms with Gasteiger partial charge in [-0.1, -0.05) is 18.2 Å². The SMILES string of the molecule is C[C@H](C(=O)c1c[nH]c2ccccc12)[NH+](C)Cc1ccsc1. The number of carbonyl (C=O) groups excluding carboxylic acids is 1. The summed E-state index contributed by atoms with van der Waals surface area (Å²) in [6.07, 6.45) is 1.83. The molecule has 0 aliphatic carbocycles. The first-order valence-electron chi connectivity index (χ1n) is 7.10. The van der Waals surface area contributed by atoms with E-state index in [9.17, 15) is 4.79 Å². The Morgan fingerprint density at radius 2 is 2.14 bits per heavy atom. The van der Waals surface area contributed by atoms with Crippen LogP contribution in [0.5, 0.6) is 0 Å². The van der Waals surface area contributed by atoms with Gasteiger partial charge in [-0.2, -0.15) is 11.3 Å². The fourth-order valence-corrected chi connectivity index (χ4v) is 3.27. The van der Waals surface area contributed by atoms with Crippen LogP contribution in [-0.4, -0.2) is 23.9 Å². The second-order valence-electron chi connectivity index (χ2n) is 5.49. The molecule has 3 rings (SSSR count). The summed E-state index contributed by atoms with van der Waals surface area (Å²) in [7, 11) is 2.08. The van der Waals surface area contributed by atoms with Gasteiger partial charge in [0.25, 0.3) is 0 Å². The first kappa shape index (κ1) is 14.0. The number of quaternary nitrogens is 1. The van der Waals surface area contributed by atoms with E-state index in [1.165, 1.54) is 10.5 Å². The lowest BCUT2D eigenvalue weighted by Crippen LogP contribution is -3.12. The Balaban J connectivity index is 1.80. The Morgan fingerprint density at radius 3 is 2.90 bits per heavy atom. The number of benzene rings is 1. The second-order valence-corrected chi connectivity index (χ2v) is 6.27. The summed E-state index contributed by atoms with van der Waals surface area (Å²) in [5.41, 5.74) is 3.10. The molecule has 4 heteroatoms. The monoisotopic (exact) mass is 299 g/mol. The number of aromatic nitrogens is 1. The number of hydrogen-bond donors (Lipinski definition) is 2. The number of para-hydroxylation sites is 1. The van der Waals surface area contributed by atoms with Gasteiger partial charge in [-0.3, -0.25) is 4.79 Å². The molecule has 1 unspecified atom stereocenters. The van der Waals surface area contributed by atoms with Crippen LogP contribution in [0.15, 0.2) is 47.3 Å². The number of likely N-dealkylation sites (N-methyl/N-ethyl adjacent to an activating group) is 1. The molecular weight excluding hydrogens is 280 g/mol. The van der Waals surface area contributed by atoms with E-state index < -0.39 is 0 Å². The number of ketones is 1. The minimum atomic E-state index is -0.0656. The molecule has 0 aliphatic heterocycles. The number of nitrogens with one attached hydrogen (secondary N) is 2. The standard InChI is InChI=1S/C17H18N2OS/c1-12(19(2)10-13-7-8-21-11-13)17(20)15-9-18-16-6-4-3-5-14(15)16/h3-9,11-12,18H,10H2,1-2H3/p+1/t12-/m1/s1. The first-order chi connectivity index (χ1) is 10.2. The van der Waals surface area contributed by atoms with Crippen LogP contribution >= 0.6 is 11.3 Å². The molecule has 0 radical (unpaired) electrons. The highest BCUT2D eigenvalue weighted by atomic mass is 32.1. The number of hydrogen-bond acceptors (Lipinski definition) is 2. The molecule has 0 bridgehead atoms. The molecule has 2 N–H and O–H groups in total. The van der Waals surface area contributed by atoms with Crippen LogP contribution in [0.1, 0.15) is 22.8 Å². The molecule has 0 aliphatic rings. The van der Waals surface area contributed by atoms with Crippen molar-refractivity contribution in [2.24, 2.45) is 0 Å². The predicted octanol–water partition coefficient (Wildman–Crippen LogP) is 2.52. The summed E-state index contributed by atoms with van der Waals surface area (Å²) in [5, 5.41) is 5.24. The molecule has 2 atom stereocenters. The van der Waals surface area contributed by atoms with Gasteiger partial charge in [0.2, 0.25) is 5.78 Å². The molecule has 2 aromatic heterocycles. The number of rotatable bonds is 5. The topological polar surface area (TPSA) is 37.3 Å². The van der Waals surface area contributed by atoms with Crippen molar-refractivity contribution < 1.29 is 9.69 Å². The maximum absolute atomic E-state index is 12.8. The van der Waals surface area contributed by atoms with Gasteiger partial charge in [0.05, 0.1) is 7.05 Å². The molecular formula is C17H19N2OS+. The zero-order valence-corrected chi connectivity index (χ0v) is 13.0. The highest BCUT2D eigenvalue weighted by molar-refractivity contribution is 7.07. The van der Waals surface area contributed by atoms with Crippen molar-refractivity contribution >= 4 is 28.0 Å². The van der Waals surface area contributed by atoms with Crippen molar-refractivity contribution in [3.8, 4) is 0 Å². The largest absolute Gasteiger partial charge is 0.360 e. The molecule has 108 valence electrons. The molecule has 0 fully saturated rings. The normalized spacial score (nSPS) is 14.2. The quantitative estimate of drug-likeness (QED) is 0.698. The minimum absolute atomic E-state index is 0.0656. The van der Waals surface area contributed by atoms with E-state index >= 15 is 0 Å². The van der Waals surface area contributed by atoms with Gasteiger partial charge < -0.3 is 9.88 Å². The summed E-state index contributed by atoms with van der Waals surface area (Å²) >= 11 is 1.70. The van der Waals surface area contributed by atoms with Crippen LogP contribution < -0.4 is 4.90 Å². The summed E-state index contributed by atoms with van der Waals surface area (Å²) in [6, 6.07) is 10.0. The molecule has 0 saturated carbocycles. The van der Waals surface area contributed by atoms with E-state index in [1.807, 2.05) is 37.4 Å². The molecule has 0 amide bonds. The van der Waals surface area contributed by atoms with Crippen LogP contribution in [0, 0.1) is 0 Å². The Labute approximate surface area is 128 Å². The number of thiophene rings is 1. The van der Waals surface area contributed by atoms with Crippen molar-refractivity contribution in [3.63, 3.8) is 0 Å². The lowest BCUT2D eigenvalue weighted by molar-refractivity contribution is -0.907. The smallest absolute Gasteiger partial charge is 0.221 e. The van der Waals surface area contributed by atoms with Gasteiger partial charge in [-0.25, -0.2) is 0 Å². The fourth-order valence-electron chi connectivity index (χ4n) is 2.60. The second kappa shape index (κ2) is 5.84. The molecule has 0 spiro atoms. The van der Waals surface area contributed by atoms with Crippen LogP contribution in [0.3, 0.4) is 0 Å². The molecule has 0 saturated heterocycles. The number of carbonyl (C=O) groups is 1. The number of Topliss-reactive ketones (excluding diaryl/α,β-unsaturated/α-hetero) is 1. The maximum Gasteiger partial charge on any atom is 0.221 e. The molecule has 3 nitrogen and oxygen atoms in total. The summed E-state index contributed by atoms with van der Waals surface area (Å²) in [4.78, 5) is 17.1. The number of fused-ring (bicyclic) bond motifs is 1. The zero-order chi connectivity index (χ0) is 14.8. The van der Waals surface area contributed by atoms with Gasteiger partial charge in [-0.15, -0.1) is 0 Å². The highest BCUT2D eigenvalue weighted by Gasteiger charge is 2.25. The van der Waals surface area contributed by atoms with E-state index in [1.54, 1.807) is 11.3 Å². The van der Waals surface area contributed by atoms with Gasteiger partial charge in [0.15, 0.2) is 0 Å². The van der Waals surface area contributed by atoms with Crippen molar-refractivity contribution in [1.82, 2.24) is 4.98 Å². The van der Waals surface area contributed by atoms with E-state index in [2.05, 4.69) is 28.9 Å². The Bertz CT molecular complexity index is 745. The average Bonchev–Trinajstić information content (AvgIpc) is 3.14. The predicted molar refractivity (Wildman–Crippen MR) is 87.0 cm³/mol. The van der Waals surface area contributed by atoms with Crippen LogP contribution in [0.25, 0.3) is 10.9 Å². The number of aromatic amines is 1. The van der Waals surface area contributed by atoms with Crippen molar-refractivity contribution in [3.05, 3.63) is 58.4 Å². The van der Waals surface area contributed by atoms with Gasteiger partial charge in [-0.05, 0) is 29.8 Å². The van der Waals surface area contributed by atoms with E-state index in [0.29, 0.717) is 0 Å². The molecule has 2 heterocycles. The van der Waals surface area contributed by atoms with Crippen LogP contribution in [0.2, 0.25) is 0 Å². The van der Waals surface area contributed by atoms with Crippen molar-refractivity contribution in [1.29, 1.82) is 0 Å². The molecule has 21 heavy (non-hydrogen) atoms. The third kappa shape index (κ3) is 2.77. The summed E-state index contributed by atoms with van der Waals surface area (Å²) in [6.45, 7) is 2.88. The van der Waals surface area contributed by atoms with E-state index in [-0.39, 0.29) is 11.8 Å². The van der Waals surface area contributed by atoms with Gasteiger partial charge in [0.1, 0.15) is 12.6 Å². The summed E-state index contributed by atoms with van der Waals surface area (Å²) < 4.78 is 0. The molecule has 1 aromatic carbocycles. The average molecular weight is 299 g/mol. The number of H-pyrrole nitrogens is 1. The summed E-state index contributed by atoms with van der Waals surface area (Å²) in [5.74, 6) is 0.195. The van der Waals surface area contributed by atoms with Crippen LogP contribution in [0.4, 0.5) is 0 Å². The van der Waals surface area contributed by atoms with Gasteiger partial charge >= 0.3 is 0 Å². The Kier molecular flexibility index (Phi) is 3.90. The lowest BCUT2D eigenvalue weighted by atomic mass is 10.0.